The van der Waals surface area contributed by atoms with Gasteiger partial charge in [-0.3, -0.25) is 14.6 Å². The van der Waals surface area contributed by atoms with Crippen molar-refractivity contribution >= 4 is 11.6 Å². The number of carbonyl (C=O) groups excluding carboxylic acids is 1. The zero-order valence-corrected chi connectivity index (χ0v) is 19.3. The normalized spacial score (nSPS) is 14.6. The summed E-state index contributed by atoms with van der Waals surface area (Å²) in [7, 11) is 3.16. The maximum atomic E-state index is 12.7. The molecule has 6 heteroatoms. The molecule has 1 fully saturated rings. The van der Waals surface area contributed by atoms with Crippen molar-refractivity contribution in [3.8, 4) is 11.5 Å². The van der Waals surface area contributed by atoms with Crippen LogP contribution < -0.4 is 14.8 Å². The highest BCUT2D eigenvalue weighted by molar-refractivity contribution is 6.04. The molecule has 6 nitrogen and oxygen atoms in total. The van der Waals surface area contributed by atoms with Crippen molar-refractivity contribution in [1.82, 2.24) is 9.80 Å². The molecule has 1 amide bonds. The van der Waals surface area contributed by atoms with Gasteiger partial charge in [-0.1, -0.05) is 42.5 Å². The highest BCUT2D eigenvalue weighted by Gasteiger charge is 2.17. The minimum Gasteiger partial charge on any atom is -0.493 e. The Morgan fingerprint density at radius 2 is 1.33 bits per heavy atom. The third kappa shape index (κ3) is 6.12. The molecular weight excluding hydrogens is 414 g/mol. The molecule has 4 rings (SSSR count). The largest absolute Gasteiger partial charge is 0.493 e. The predicted octanol–water partition coefficient (Wildman–Crippen LogP) is 4.27. The predicted molar refractivity (Wildman–Crippen MR) is 131 cm³/mol. The van der Waals surface area contributed by atoms with Crippen molar-refractivity contribution in [1.29, 1.82) is 0 Å². The maximum absolute atomic E-state index is 12.7. The van der Waals surface area contributed by atoms with Crippen LogP contribution in [0.2, 0.25) is 0 Å². The molecule has 0 bridgehead atoms. The second-order valence-electron chi connectivity index (χ2n) is 8.26. The first-order chi connectivity index (χ1) is 16.1. The second-order valence-corrected chi connectivity index (χ2v) is 8.26. The van der Waals surface area contributed by atoms with Gasteiger partial charge in [-0.2, -0.15) is 0 Å². The minimum atomic E-state index is -0.150. The van der Waals surface area contributed by atoms with Crippen LogP contribution in [-0.4, -0.2) is 56.1 Å². The molecule has 1 saturated heterocycles. The maximum Gasteiger partial charge on any atom is 0.255 e. The van der Waals surface area contributed by atoms with Gasteiger partial charge in [-0.25, -0.2) is 0 Å². The molecule has 1 heterocycles. The number of anilines is 1. The lowest BCUT2D eigenvalue weighted by Gasteiger charge is -2.34. The second kappa shape index (κ2) is 11.0. The molecule has 0 unspecified atom stereocenters. The van der Waals surface area contributed by atoms with Crippen molar-refractivity contribution in [2.45, 2.75) is 13.1 Å². The number of methoxy groups -OCH3 is 2. The van der Waals surface area contributed by atoms with Gasteiger partial charge < -0.3 is 14.8 Å². The minimum absolute atomic E-state index is 0.150. The van der Waals surface area contributed by atoms with Gasteiger partial charge in [-0.15, -0.1) is 0 Å². The number of nitrogens with zero attached hydrogens (tertiary/aromatic N) is 2. The number of piperazine rings is 1. The average Bonchev–Trinajstić information content (AvgIpc) is 2.86. The summed E-state index contributed by atoms with van der Waals surface area (Å²) >= 11 is 0. The van der Waals surface area contributed by atoms with Crippen molar-refractivity contribution in [3.63, 3.8) is 0 Å². The van der Waals surface area contributed by atoms with E-state index in [1.807, 2.05) is 24.3 Å². The molecule has 1 N–H and O–H groups in total. The van der Waals surface area contributed by atoms with Gasteiger partial charge in [-0.05, 0) is 35.4 Å². The highest BCUT2D eigenvalue weighted by atomic mass is 16.5. The molecule has 1 aliphatic rings. The van der Waals surface area contributed by atoms with Crippen molar-refractivity contribution in [2.24, 2.45) is 0 Å². The van der Waals surface area contributed by atoms with E-state index in [0.717, 1.165) is 39.3 Å². The van der Waals surface area contributed by atoms with E-state index in [-0.39, 0.29) is 5.91 Å². The van der Waals surface area contributed by atoms with E-state index in [2.05, 4.69) is 45.4 Å². The number of hydrogen-bond acceptors (Lipinski definition) is 5. The van der Waals surface area contributed by atoms with E-state index < -0.39 is 0 Å². The van der Waals surface area contributed by atoms with E-state index >= 15 is 0 Å². The standard InChI is InChI=1S/C27H31N3O3/c1-32-25-13-12-24(18-26(25)33-2)28-27(31)23-10-8-22(9-11-23)20-30-16-14-29(15-17-30)19-21-6-4-3-5-7-21/h3-13,18H,14-17,19-20H2,1-2H3,(H,28,31). The Balaban J connectivity index is 1.27. The fraction of sp³-hybridized carbons (Fsp3) is 0.296. The number of hydrogen-bond donors (Lipinski definition) is 1. The van der Waals surface area contributed by atoms with Crippen molar-refractivity contribution in [3.05, 3.63) is 89.5 Å². The molecule has 0 spiro atoms. The monoisotopic (exact) mass is 445 g/mol. The fourth-order valence-electron chi connectivity index (χ4n) is 4.08. The molecular formula is C27H31N3O3. The summed E-state index contributed by atoms with van der Waals surface area (Å²) in [5.41, 5.74) is 3.87. The molecule has 0 atom stereocenters. The topological polar surface area (TPSA) is 54.0 Å². The Morgan fingerprint density at radius 1 is 0.758 bits per heavy atom. The average molecular weight is 446 g/mol. The molecule has 33 heavy (non-hydrogen) atoms. The Hall–Kier alpha value is -3.35. The summed E-state index contributed by atoms with van der Waals surface area (Å²) in [6.45, 7) is 6.15. The Labute approximate surface area is 195 Å². The summed E-state index contributed by atoms with van der Waals surface area (Å²) in [6.07, 6.45) is 0. The summed E-state index contributed by atoms with van der Waals surface area (Å²) < 4.78 is 10.5. The fourth-order valence-corrected chi connectivity index (χ4v) is 4.08. The van der Waals surface area contributed by atoms with E-state index in [9.17, 15) is 4.79 Å². The SMILES string of the molecule is COc1ccc(NC(=O)c2ccc(CN3CCN(Cc4ccccc4)CC3)cc2)cc1OC. The van der Waals surface area contributed by atoms with Gasteiger partial charge in [0.05, 0.1) is 14.2 Å². The van der Waals surface area contributed by atoms with Crippen LogP contribution in [0.1, 0.15) is 21.5 Å². The zero-order chi connectivity index (χ0) is 23.0. The van der Waals surface area contributed by atoms with E-state index in [1.54, 1.807) is 32.4 Å². The molecule has 0 aliphatic carbocycles. The van der Waals surface area contributed by atoms with Crippen LogP contribution in [0.15, 0.2) is 72.8 Å². The highest BCUT2D eigenvalue weighted by Crippen LogP contribution is 2.30. The van der Waals surface area contributed by atoms with Gasteiger partial charge in [0.1, 0.15) is 0 Å². The Bertz CT molecular complexity index is 1050. The van der Waals surface area contributed by atoms with E-state index in [1.165, 1.54) is 11.1 Å². The molecule has 0 radical (unpaired) electrons. The van der Waals surface area contributed by atoms with Crippen molar-refractivity contribution in [2.75, 3.05) is 45.7 Å². The van der Waals surface area contributed by atoms with Crippen molar-refractivity contribution < 1.29 is 14.3 Å². The van der Waals surface area contributed by atoms with Crippen LogP contribution in [-0.2, 0) is 13.1 Å². The van der Waals surface area contributed by atoms with E-state index in [0.29, 0.717) is 22.7 Å². The molecule has 1 aliphatic heterocycles. The van der Waals surface area contributed by atoms with Gasteiger partial charge in [0.25, 0.3) is 5.91 Å². The summed E-state index contributed by atoms with van der Waals surface area (Å²) in [6, 6.07) is 23.8. The first-order valence-electron chi connectivity index (χ1n) is 11.3. The summed E-state index contributed by atoms with van der Waals surface area (Å²) in [4.78, 5) is 17.6. The third-order valence-electron chi connectivity index (χ3n) is 5.98. The Kier molecular flexibility index (Phi) is 7.60. The smallest absolute Gasteiger partial charge is 0.255 e. The summed E-state index contributed by atoms with van der Waals surface area (Å²) in [5.74, 6) is 1.05. The first kappa shape index (κ1) is 22.8. The number of ether oxygens (including phenoxy) is 2. The quantitative estimate of drug-likeness (QED) is 0.561. The van der Waals surface area contributed by atoms with Gasteiger partial charge >= 0.3 is 0 Å². The molecule has 3 aromatic carbocycles. The van der Waals surface area contributed by atoms with Crippen LogP contribution in [0.4, 0.5) is 5.69 Å². The molecule has 0 saturated carbocycles. The zero-order valence-electron chi connectivity index (χ0n) is 19.3. The lowest BCUT2D eigenvalue weighted by Crippen LogP contribution is -2.45. The van der Waals surface area contributed by atoms with Gasteiger partial charge in [0.2, 0.25) is 0 Å². The van der Waals surface area contributed by atoms with Crippen LogP contribution in [0.25, 0.3) is 0 Å². The van der Waals surface area contributed by atoms with Crippen LogP contribution in [0, 0.1) is 0 Å². The van der Waals surface area contributed by atoms with Gasteiger partial charge in [0.15, 0.2) is 11.5 Å². The third-order valence-corrected chi connectivity index (χ3v) is 5.98. The first-order valence-corrected chi connectivity index (χ1v) is 11.3. The number of carbonyl (C=O) groups is 1. The number of amides is 1. The molecule has 3 aromatic rings. The lowest BCUT2D eigenvalue weighted by atomic mass is 10.1. The molecule has 0 aromatic heterocycles. The number of nitrogens with one attached hydrogen (secondary N) is 1. The number of rotatable bonds is 8. The Morgan fingerprint density at radius 3 is 1.91 bits per heavy atom. The summed E-state index contributed by atoms with van der Waals surface area (Å²) in [5, 5.41) is 2.92. The number of benzene rings is 3. The van der Waals surface area contributed by atoms with Gasteiger partial charge in [0, 0.05) is 56.6 Å². The molecule has 172 valence electrons. The van der Waals surface area contributed by atoms with Crippen LogP contribution in [0.3, 0.4) is 0 Å². The van der Waals surface area contributed by atoms with E-state index in [4.69, 9.17) is 9.47 Å². The van der Waals surface area contributed by atoms with Crippen LogP contribution in [0.5, 0.6) is 11.5 Å². The van der Waals surface area contributed by atoms with Crippen LogP contribution >= 0.6 is 0 Å². The lowest BCUT2D eigenvalue weighted by molar-refractivity contribution is 0.102.